The van der Waals surface area contributed by atoms with Crippen LogP contribution in [0.5, 0.6) is 5.75 Å². The molecule has 2 aromatic rings. The summed E-state index contributed by atoms with van der Waals surface area (Å²) < 4.78 is 31.0. The second kappa shape index (κ2) is 8.61. The zero-order valence-electron chi connectivity index (χ0n) is 12.7. The van der Waals surface area contributed by atoms with Crippen molar-refractivity contribution in [2.75, 3.05) is 19.7 Å². The van der Waals surface area contributed by atoms with E-state index < -0.39 is 24.1 Å². The van der Waals surface area contributed by atoms with Crippen LogP contribution in [0.25, 0.3) is 0 Å². The molecule has 0 radical (unpaired) electrons. The number of hydrogen-bond donors (Lipinski definition) is 2. The summed E-state index contributed by atoms with van der Waals surface area (Å²) in [6.45, 7) is 0.0340. The normalized spacial score (nSPS) is 10.1. The predicted octanol–water partition coefficient (Wildman–Crippen LogP) is 1.89. The van der Waals surface area contributed by atoms with Crippen LogP contribution in [-0.2, 0) is 4.79 Å². The molecule has 2 amide bonds. The highest BCUT2D eigenvalue weighted by atomic mass is 19.1. The monoisotopic (exact) mass is 334 g/mol. The van der Waals surface area contributed by atoms with Gasteiger partial charge in [-0.2, -0.15) is 0 Å². The average Bonchev–Trinajstić information content (AvgIpc) is 2.58. The molecule has 0 unspecified atom stereocenters. The molecule has 0 aliphatic heterocycles. The van der Waals surface area contributed by atoms with Crippen LogP contribution in [0.2, 0.25) is 0 Å². The van der Waals surface area contributed by atoms with Gasteiger partial charge in [-0.25, -0.2) is 8.78 Å². The SMILES string of the molecule is O=C(COc1ccc(F)cc1F)NCCNC(=O)c1ccccc1. The molecule has 0 aliphatic rings. The molecule has 0 aromatic heterocycles. The zero-order valence-corrected chi connectivity index (χ0v) is 12.7. The first-order valence-electron chi connectivity index (χ1n) is 7.24. The average molecular weight is 334 g/mol. The van der Waals surface area contributed by atoms with Gasteiger partial charge < -0.3 is 15.4 Å². The van der Waals surface area contributed by atoms with Gasteiger partial charge in [-0.15, -0.1) is 0 Å². The van der Waals surface area contributed by atoms with E-state index in [1.165, 1.54) is 0 Å². The molecular weight excluding hydrogens is 318 g/mol. The molecule has 126 valence electrons. The predicted molar refractivity (Wildman–Crippen MR) is 83.6 cm³/mol. The third kappa shape index (κ3) is 5.35. The van der Waals surface area contributed by atoms with Crippen LogP contribution < -0.4 is 15.4 Å². The summed E-state index contributed by atoms with van der Waals surface area (Å²) in [4.78, 5) is 23.3. The molecule has 7 heteroatoms. The lowest BCUT2D eigenvalue weighted by Gasteiger charge is -2.09. The molecule has 2 N–H and O–H groups in total. The van der Waals surface area contributed by atoms with Crippen molar-refractivity contribution < 1.29 is 23.1 Å². The number of ether oxygens (including phenoxy) is 1. The van der Waals surface area contributed by atoms with E-state index in [4.69, 9.17) is 4.74 Å². The number of carbonyl (C=O) groups excluding carboxylic acids is 2. The quantitative estimate of drug-likeness (QED) is 0.760. The van der Waals surface area contributed by atoms with Crippen molar-refractivity contribution >= 4 is 11.8 Å². The number of nitrogens with one attached hydrogen (secondary N) is 2. The number of amides is 2. The summed E-state index contributed by atoms with van der Waals surface area (Å²) in [5.74, 6) is -2.53. The van der Waals surface area contributed by atoms with E-state index in [0.717, 1.165) is 12.1 Å². The Labute approximate surface area is 137 Å². The maximum Gasteiger partial charge on any atom is 0.258 e. The van der Waals surface area contributed by atoms with Crippen LogP contribution in [0.3, 0.4) is 0 Å². The fraction of sp³-hybridized carbons (Fsp3) is 0.176. The van der Waals surface area contributed by atoms with Crippen LogP contribution in [0.1, 0.15) is 10.4 Å². The van der Waals surface area contributed by atoms with Crippen LogP contribution in [-0.4, -0.2) is 31.5 Å². The molecule has 0 atom stereocenters. The molecule has 0 aliphatic carbocycles. The fourth-order valence-corrected chi connectivity index (χ4v) is 1.86. The molecular formula is C17H16F2N2O3. The van der Waals surface area contributed by atoms with Gasteiger partial charge in [0.15, 0.2) is 18.2 Å². The van der Waals surface area contributed by atoms with Crippen molar-refractivity contribution in [3.63, 3.8) is 0 Å². The van der Waals surface area contributed by atoms with E-state index in [0.29, 0.717) is 11.6 Å². The molecule has 2 rings (SSSR count). The minimum Gasteiger partial charge on any atom is -0.481 e. The van der Waals surface area contributed by atoms with Gasteiger partial charge >= 0.3 is 0 Å². The Bertz CT molecular complexity index is 708. The summed E-state index contributed by atoms with van der Waals surface area (Å²) in [6, 6.07) is 11.5. The lowest BCUT2D eigenvalue weighted by atomic mass is 10.2. The molecule has 0 fully saturated rings. The minimum absolute atomic E-state index is 0.201. The summed E-state index contributed by atoms with van der Waals surface area (Å²) in [5.41, 5.74) is 0.527. The van der Waals surface area contributed by atoms with Crippen LogP contribution in [0.4, 0.5) is 8.78 Å². The van der Waals surface area contributed by atoms with E-state index in [1.807, 2.05) is 0 Å². The van der Waals surface area contributed by atoms with Crippen LogP contribution >= 0.6 is 0 Å². The van der Waals surface area contributed by atoms with Gasteiger partial charge in [-0.05, 0) is 24.3 Å². The first-order valence-corrected chi connectivity index (χ1v) is 7.24. The lowest BCUT2D eigenvalue weighted by molar-refractivity contribution is -0.123. The Kier molecular flexibility index (Phi) is 6.24. The number of hydrogen-bond acceptors (Lipinski definition) is 3. The number of benzene rings is 2. The number of rotatable bonds is 7. The lowest BCUT2D eigenvalue weighted by Crippen LogP contribution is -2.36. The highest BCUT2D eigenvalue weighted by Crippen LogP contribution is 2.17. The highest BCUT2D eigenvalue weighted by molar-refractivity contribution is 5.94. The maximum absolute atomic E-state index is 13.3. The van der Waals surface area contributed by atoms with Crippen molar-refractivity contribution in [2.24, 2.45) is 0 Å². The Morgan fingerprint density at radius 2 is 1.67 bits per heavy atom. The van der Waals surface area contributed by atoms with Gasteiger partial charge in [0.1, 0.15) is 5.82 Å². The van der Waals surface area contributed by atoms with Crippen molar-refractivity contribution in [1.82, 2.24) is 10.6 Å². The maximum atomic E-state index is 13.3. The highest BCUT2D eigenvalue weighted by Gasteiger charge is 2.08. The Balaban J connectivity index is 1.65. The Morgan fingerprint density at radius 3 is 2.38 bits per heavy atom. The Morgan fingerprint density at radius 1 is 0.958 bits per heavy atom. The molecule has 0 saturated carbocycles. The van der Waals surface area contributed by atoms with Crippen molar-refractivity contribution in [2.45, 2.75) is 0 Å². The summed E-state index contributed by atoms with van der Waals surface area (Å²) in [5, 5.41) is 5.16. The summed E-state index contributed by atoms with van der Waals surface area (Å²) in [7, 11) is 0. The van der Waals surface area contributed by atoms with Gasteiger partial charge in [0.05, 0.1) is 0 Å². The van der Waals surface area contributed by atoms with Gasteiger partial charge in [-0.3, -0.25) is 9.59 Å². The van der Waals surface area contributed by atoms with Crippen LogP contribution in [0.15, 0.2) is 48.5 Å². The molecule has 24 heavy (non-hydrogen) atoms. The van der Waals surface area contributed by atoms with Crippen molar-refractivity contribution in [1.29, 1.82) is 0 Å². The van der Waals surface area contributed by atoms with Crippen molar-refractivity contribution in [3.05, 3.63) is 65.7 Å². The molecule has 0 saturated heterocycles. The molecule has 2 aromatic carbocycles. The van der Waals surface area contributed by atoms with E-state index in [9.17, 15) is 18.4 Å². The van der Waals surface area contributed by atoms with E-state index in [1.54, 1.807) is 30.3 Å². The smallest absolute Gasteiger partial charge is 0.258 e. The third-order valence-corrected chi connectivity index (χ3v) is 3.02. The largest absolute Gasteiger partial charge is 0.481 e. The molecule has 5 nitrogen and oxygen atoms in total. The summed E-state index contributed by atoms with van der Waals surface area (Å²) in [6.07, 6.45) is 0. The molecule has 0 bridgehead atoms. The zero-order chi connectivity index (χ0) is 17.4. The topological polar surface area (TPSA) is 67.4 Å². The second-order valence-electron chi connectivity index (χ2n) is 4.84. The number of halogens is 2. The summed E-state index contributed by atoms with van der Waals surface area (Å²) >= 11 is 0. The van der Waals surface area contributed by atoms with Crippen molar-refractivity contribution in [3.8, 4) is 5.75 Å². The fourth-order valence-electron chi connectivity index (χ4n) is 1.86. The molecule has 0 spiro atoms. The standard InChI is InChI=1S/C17H16F2N2O3/c18-13-6-7-15(14(19)10-13)24-11-16(22)20-8-9-21-17(23)12-4-2-1-3-5-12/h1-7,10H,8-9,11H2,(H,20,22)(H,21,23). The Hall–Kier alpha value is -2.96. The van der Waals surface area contributed by atoms with Gasteiger partial charge in [-0.1, -0.05) is 18.2 Å². The second-order valence-corrected chi connectivity index (χ2v) is 4.84. The van der Waals surface area contributed by atoms with Crippen LogP contribution in [0, 0.1) is 11.6 Å². The third-order valence-electron chi connectivity index (χ3n) is 3.02. The van der Waals surface area contributed by atoms with E-state index in [-0.39, 0.29) is 24.7 Å². The van der Waals surface area contributed by atoms with Gasteiger partial charge in [0.2, 0.25) is 0 Å². The van der Waals surface area contributed by atoms with E-state index >= 15 is 0 Å². The minimum atomic E-state index is -0.877. The molecule has 0 heterocycles. The first kappa shape index (κ1) is 17.4. The first-order chi connectivity index (χ1) is 11.6. The van der Waals surface area contributed by atoms with Gasteiger partial charge in [0, 0.05) is 24.7 Å². The number of carbonyl (C=O) groups is 2. The van der Waals surface area contributed by atoms with E-state index in [2.05, 4.69) is 10.6 Å². The van der Waals surface area contributed by atoms with Gasteiger partial charge in [0.25, 0.3) is 11.8 Å².